The van der Waals surface area contributed by atoms with Crippen LogP contribution < -0.4 is 0 Å². The highest BCUT2D eigenvalue weighted by molar-refractivity contribution is 5.03. The molecule has 1 aromatic heterocycles. The van der Waals surface area contributed by atoms with E-state index in [1.54, 1.807) is 0 Å². The summed E-state index contributed by atoms with van der Waals surface area (Å²) >= 11 is 0. The maximum atomic E-state index is 5.03. The van der Waals surface area contributed by atoms with Crippen molar-refractivity contribution in [1.29, 1.82) is 0 Å². The van der Waals surface area contributed by atoms with Gasteiger partial charge in [-0.1, -0.05) is 11.6 Å². The first-order valence-corrected chi connectivity index (χ1v) is 4.99. The Balaban J connectivity index is 1.89. The van der Waals surface area contributed by atoms with Gasteiger partial charge in [0.05, 0.1) is 5.69 Å². The molecule has 0 aliphatic carbocycles. The molecule has 13 heavy (non-hydrogen) atoms. The van der Waals surface area contributed by atoms with Crippen LogP contribution >= 0.6 is 0 Å². The van der Waals surface area contributed by atoms with Gasteiger partial charge >= 0.3 is 0 Å². The predicted octanol–water partition coefficient (Wildman–Crippen LogP) is 1.97. The van der Waals surface area contributed by atoms with E-state index in [4.69, 9.17) is 4.52 Å². The Bertz CT molecular complexity index is 264. The molecule has 0 N–H and O–H groups in total. The molecule has 0 saturated carbocycles. The van der Waals surface area contributed by atoms with Crippen molar-refractivity contribution in [2.24, 2.45) is 0 Å². The van der Waals surface area contributed by atoms with Crippen molar-refractivity contribution in [3.05, 3.63) is 17.5 Å². The van der Waals surface area contributed by atoms with Gasteiger partial charge in [0.25, 0.3) is 0 Å². The fourth-order valence-electron chi connectivity index (χ4n) is 1.84. The molecule has 1 aromatic rings. The van der Waals surface area contributed by atoms with E-state index in [0.29, 0.717) is 0 Å². The fraction of sp³-hybridized carbons (Fsp3) is 0.700. The van der Waals surface area contributed by atoms with Crippen molar-refractivity contribution in [1.82, 2.24) is 10.1 Å². The molecule has 0 atom stereocenters. The van der Waals surface area contributed by atoms with Gasteiger partial charge in [0.1, 0.15) is 5.76 Å². The third-order valence-corrected chi connectivity index (χ3v) is 2.51. The van der Waals surface area contributed by atoms with Gasteiger partial charge in [-0.15, -0.1) is 0 Å². The number of likely N-dealkylation sites (tertiary alicyclic amines) is 1. The molecule has 2 rings (SSSR count). The van der Waals surface area contributed by atoms with Gasteiger partial charge in [-0.2, -0.15) is 0 Å². The molecule has 1 aliphatic heterocycles. The molecule has 2 heterocycles. The predicted molar refractivity (Wildman–Crippen MR) is 50.4 cm³/mol. The highest BCUT2D eigenvalue weighted by Crippen LogP contribution is 2.12. The van der Waals surface area contributed by atoms with Gasteiger partial charge in [0, 0.05) is 12.6 Å². The number of aromatic nitrogens is 1. The van der Waals surface area contributed by atoms with Crippen molar-refractivity contribution in [3.63, 3.8) is 0 Å². The molecule has 0 amide bonds. The zero-order valence-electron chi connectivity index (χ0n) is 8.12. The molecule has 3 nitrogen and oxygen atoms in total. The van der Waals surface area contributed by atoms with Crippen LogP contribution in [0.4, 0.5) is 0 Å². The Morgan fingerprint density at radius 1 is 1.38 bits per heavy atom. The van der Waals surface area contributed by atoms with Crippen LogP contribution in [0.1, 0.15) is 30.7 Å². The smallest absolute Gasteiger partial charge is 0.133 e. The molecule has 0 unspecified atom stereocenters. The summed E-state index contributed by atoms with van der Waals surface area (Å²) in [5.74, 6) is 0.909. The summed E-state index contributed by atoms with van der Waals surface area (Å²) in [6, 6.07) is 2.02. The van der Waals surface area contributed by atoms with E-state index < -0.39 is 0 Å². The molecule has 3 heteroatoms. The topological polar surface area (TPSA) is 29.3 Å². The zero-order chi connectivity index (χ0) is 9.10. The van der Waals surface area contributed by atoms with Crippen molar-refractivity contribution in [2.45, 2.75) is 32.7 Å². The van der Waals surface area contributed by atoms with Gasteiger partial charge in [0.15, 0.2) is 0 Å². The summed E-state index contributed by atoms with van der Waals surface area (Å²) in [5.41, 5.74) is 1.07. The lowest BCUT2D eigenvalue weighted by molar-refractivity contribution is 0.214. The highest BCUT2D eigenvalue weighted by Gasteiger charge is 2.11. The second-order valence-corrected chi connectivity index (χ2v) is 3.77. The molecular formula is C10H16N2O. The van der Waals surface area contributed by atoms with Crippen LogP contribution in [0.3, 0.4) is 0 Å². The average molecular weight is 180 g/mol. The number of nitrogens with zero attached hydrogens (tertiary/aromatic N) is 2. The normalized spacial score (nSPS) is 19.2. The van der Waals surface area contributed by atoms with Gasteiger partial charge < -0.3 is 4.52 Å². The average Bonchev–Trinajstić information content (AvgIpc) is 2.53. The molecule has 1 saturated heterocycles. The minimum atomic E-state index is 0.909. The number of hydrogen-bond donors (Lipinski definition) is 0. The number of piperidine rings is 1. The molecule has 0 spiro atoms. The van der Waals surface area contributed by atoms with Gasteiger partial charge in [-0.3, -0.25) is 4.90 Å². The standard InChI is InChI=1S/C10H16N2O/c1-9-7-10(11-13-9)8-12-5-3-2-4-6-12/h7H,2-6,8H2,1H3. The Labute approximate surface area is 78.7 Å². The Morgan fingerprint density at radius 3 is 2.77 bits per heavy atom. The van der Waals surface area contributed by atoms with Gasteiger partial charge in [-0.25, -0.2) is 0 Å². The van der Waals surface area contributed by atoms with Crippen LogP contribution in [0.25, 0.3) is 0 Å². The van der Waals surface area contributed by atoms with Crippen LogP contribution in [0.15, 0.2) is 10.6 Å². The number of aryl methyl sites for hydroxylation is 1. The van der Waals surface area contributed by atoms with Crippen LogP contribution in [-0.2, 0) is 6.54 Å². The SMILES string of the molecule is Cc1cc(CN2CCCCC2)no1. The summed E-state index contributed by atoms with van der Waals surface area (Å²) in [5, 5.41) is 3.99. The number of rotatable bonds is 2. The summed E-state index contributed by atoms with van der Waals surface area (Å²) in [4.78, 5) is 2.45. The third-order valence-electron chi connectivity index (χ3n) is 2.51. The van der Waals surface area contributed by atoms with E-state index in [1.807, 2.05) is 13.0 Å². The van der Waals surface area contributed by atoms with Crippen LogP contribution in [-0.4, -0.2) is 23.1 Å². The van der Waals surface area contributed by atoms with Crippen LogP contribution in [0.5, 0.6) is 0 Å². The van der Waals surface area contributed by atoms with E-state index >= 15 is 0 Å². The molecule has 0 aromatic carbocycles. The first-order chi connectivity index (χ1) is 6.34. The lowest BCUT2D eigenvalue weighted by Crippen LogP contribution is -2.29. The van der Waals surface area contributed by atoms with Crippen molar-refractivity contribution in [3.8, 4) is 0 Å². The maximum absolute atomic E-state index is 5.03. The lowest BCUT2D eigenvalue weighted by Gasteiger charge is -2.25. The van der Waals surface area contributed by atoms with Gasteiger partial charge in [-0.05, 0) is 32.9 Å². The second kappa shape index (κ2) is 3.92. The van der Waals surface area contributed by atoms with Crippen molar-refractivity contribution in [2.75, 3.05) is 13.1 Å². The summed E-state index contributed by atoms with van der Waals surface area (Å²) in [6.07, 6.45) is 4.04. The molecule has 1 fully saturated rings. The quantitative estimate of drug-likeness (QED) is 0.696. The minimum absolute atomic E-state index is 0.909. The maximum Gasteiger partial charge on any atom is 0.133 e. The van der Waals surface area contributed by atoms with E-state index in [2.05, 4.69) is 10.1 Å². The molecule has 0 radical (unpaired) electrons. The van der Waals surface area contributed by atoms with Crippen molar-refractivity contribution >= 4 is 0 Å². The number of hydrogen-bond acceptors (Lipinski definition) is 3. The monoisotopic (exact) mass is 180 g/mol. The summed E-state index contributed by atoms with van der Waals surface area (Å²) in [7, 11) is 0. The fourth-order valence-corrected chi connectivity index (χ4v) is 1.84. The summed E-state index contributed by atoms with van der Waals surface area (Å²) in [6.45, 7) is 5.32. The minimum Gasteiger partial charge on any atom is -0.361 e. The largest absolute Gasteiger partial charge is 0.361 e. The first-order valence-electron chi connectivity index (χ1n) is 4.99. The Morgan fingerprint density at radius 2 is 2.15 bits per heavy atom. The van der Waals surface area contributed by atoms with Crippen LogP contribution in [0, 0.1) is 6.92 Å². The van der Waals surface area contributed by atoms with E-state index in [0.717, 1.165) is 18.0 Å². The molecule has 72 valence electrons. The molecule has 0 bridgehead atoms. The zero-order valence-corrected chi connectivity index (χ0v) is 8.12. The highest BCUT2D eigenvalue weighted by atomic mass is 16.5. The first kappa shape index (κ1) is 8.75. The molecular weight excluding hydrogens is 164 g/mol. The van der Waals surface area contributed by atoms with E-state index in [9.17, 15) is 0 Å². The Hall–Kier alpha value is -0.830. The molecule has 1 aliphatic rings. The van der Waals surface area contributed by atoms with Crippen molar-refractivity contribution < 1.29 is 4.52 Å². The van der Waals surface area contributed by atoms with E-state index in [1.165, 1.54) is 32.4 Å². The lowest BCUT2D eigenvalue weighted by atomic mass is 10.1. The van der Waals surface area contributed by atoms with Crippen LogP contribution in [0.2, 0.25) is 0 Å². The third kappa shape index (κ3) is 2.31. The van der Waals surface area contributed by atoms with E-state index in [-0.39, 0.29) is 0 Å². The summed E-state index contributed by atoms with van der Waals surface area (Å²) < 4.78 is 5.03. The van der Waals surface area contributed by atoms with Gasteiger partial charge in [0.2, 0.25) is 0 Å². The Kier molecular flexibility index (Phi) is 2.64. The second-order valence-electron chi connectivity index (χ2n) is 3.77.